The Hall–Kier alpha value is -4.88. The van der Waals surface area contributed by atoms with Gasteiger partial charge in [-0.1, -0.05) is 33.4 Å². The zero-order valence-electron chi connectivity index (χ0n) is 25.2. The van der Waals surface area contributed by atoms with Crippen LogP contribution < -0.4 is 25.2 Å². The number of amides is 2. The first-order valence-corrected chi connectivity index (χ1v) is 13.8. The average Bonchev–Trinajstić information content (AvgIpc) is 2.99. The Labute approximate surface area is 253 Å². The lowest BCUT2D eigenvalue weighted by molar-refractivity contribution is -0.140. The monoisotopic (exact) mass is 612 g/mol. The summed E-state index contributed by atoms with van der Waals surface area (Å²) in [5, 5.41) is 5.27. The molecule has 4 rings (SSSR count). The molecule has 0 bridgehead atoms. The molecule has 0 saturated carbocycles. The van der Waals surface area contributed by atoms with Gasteiger partial charge in [0.15, 0.2) is 0 Å². The van der Waals surface area contributed by atoms with Crippen molar-refractivity contribution in [3.8, 4) is 5.88 Å². The first kappa shape index (κ1) is 32.0. The van der Waals surface area contributed by atoms with Crippen molar-refractivity contribution in [3.05, 3.63) is 60.8 Å². The van der Waals surface area contributed by atoms with Crippen molar-refractivity contribution >= 4 is 46.5 Å². The van der Waals surface area contributed by atoms with Gasteiger partial charge in [0.25, 0.3) is 0 Å². The molecule has 3 heterocycles. The molecule has 1 fully saturated rings. The van der Waals surface area contributed by atoms with E-state index >= 15 is 0 Å². The molecule has 2 amide bonds. The summed E-state index contributed by atoms with van der Waals surface area (Å²) in [7, 11) is 3.04. The molecule has 0 unspecified atom stereocenters. The highest BCUT2D eigenvalue weighted by Gasteiger charge is 2.36. The fourth-order valence-corrected chi connectivity index (χ4v) is 4.57. The number of carbonyl (C=O) groups excluding carboxylic acids is 2. The van der Waals surface area contributed by atoms with Crippen LogP contribution in [0.2, 0.25) is 0 Å². The fraction of sp³-hybridized carbons (Fsp3) is 0.367. The third-order valence-electron chi connectivity index (χ3n) is 6.87. The third-order valence-corrected chi connectivity index (χ3v) is 6.87. The topological polar surface area (TPSA) is 116 Å². The summed E-state index contributed by atoms with van der Waals surface area (Å²) in [5.41, 5.74) is -0.480. The second-order valence-electron chi connectivity index (χ2n) is 11.1. The molecular weight excluding hydrogens is 577 g/mol. The molecule has 0 atom stereocenters. The largest absolute Gasteiger partial charge is 0.479 e. The summed E-state index contributed by atoms with van der Waals surface area (Å²) in [4.78, 5) is 42.5. The number of aromatic nitrogens is 3. The van der Waals surface area contributed by atoms with Gasteiger partial charge in [0.2, 0.25) is 23.6 Å². The van der Waals surface area contributed by atoms with Crippen LogP contribution in [-0.4, -0.2) is 72.0 Å². The van der Waals surface area contributed by atoms with Crippen LogP contribution in [-0.2, 0) is 15.8 Å². The van der Waals surface area contributed by atoms with E-state index in [1.807, 2.05) is 30.6 Å². The maximum atomic E-state index is 13.9. The standard InChI is InChI=1S/C30H35F3N8O3/c1-7-24(42)35-19-9-8-10-20(17-19)36-25-21(30(31,32)33)18-34-28(38-25)39(5)22-11-12-23(37-26(22)44-6)40-13-15-41(16-14-40)27(43)29(2,3)4/h7-12,17-18H,1,13-16H2,2-6H3,(H,35,42)(H,34,36,38). The number of methoxy groups -OCH3 is 1. The van der Waals surface area contributed by atoms with E-state index < -0.39 is 28.9 Å². The van der Waals surface area contributed by atoms with Gasteiger partial charge in [-0.15, -0.1) is 0 Å². The summed E-state index contributed by atoms with van der Waals surface area (Å²) in [5.74, 6) is -0.0258. The van der Waals surface area contributed by atoms with Crippen LogP contribution in [0.3, 0.4) is 0 Å². The van der Waals surface area contributed by atoms with E-state index in [-0.39, 0.29) is 23.4 Å². The van der Waals surface area contributed by atoms with Gasteiger partial charge in [0, 0.05) is 56.2 Å². The Bertz CT molecular complexity index is 1530. The molecule has 1 saturated heterocycles. The average molecular weight is 613 g/mol. The van der Waals surface area contributed by atoms with Gasteiger partial charge < -0.3 is 30.1 Å². The number of rotatable bonds is 8. The summed E-state index contributed by atoms with van der Waals surface area (Å²) < 4.78 is 47.3. The van der Waals surface area contributed by atoms with Crippen molar-refractivity contribution in [1.82, 2.24) is 19.9 Å². The molecule has 0 aliphatic carbocycles. The minimum atomic E-state index is -4.74. The fourth-order valence-electron chi connectivity index (χ4n) is 4.57. The molecule has 0 spiro atoms. The van der Waals surface area contributed by atoms with Crippen molar-refractivity contribution in [2.75, 3.05) is 60.8 Å². The number of piperazine rings is 1. The van der Waals surface area contributed by atoms with Gasteiger partial charge in [-0.05, 0) is 36.4 Å². The predicted octanol–water partition coefficient (Wildman–Crippen LogP) is 5.23. The van der Waals surface area contributed by atoms with E-state index in [4.69, 9.17) is 4.74 Å². The van der Waals surface area contributed by atoms with Gasteiger partial charge >= 0.3 is 6.18 Å². The number of nitrogens with zero attached hydrogens (tertiary/aromatic N) is 6. The van der Waals surface area contributed by atoms with E-state index in [9.17, 15) is 22.8 Å². The smallest absolute Gasteiger partial charge is 0.421 e. The van der Waals surface area contributed by atoms with Crippen molar-refractivity contribution in [3.63, 3.8) is 0 Å². The molecule has 1 aliphatic heterocycles. The molecule has 234 valence electrons. The van der Waals surface area contributed by atoms with Crippen LogP contribution >= 0.6 is 0 Å². The van der Waals surface area contributed by atoms with Crippen molar-refractivity contribution in [2.45, 2.75) is 26.9 Å². The predicted molar refractivity (Wildman–Crippen MR) is 163 cm³/mol. The quantitative estimate of drug-likeness (QED) is 0.330. The zero-order valence-corrected chi connectivity index (χ0v) is 25.2. The molecule has 1 aromatic carbocycles. The Morgan fingerprint density at radius 3 is 2.34 bits per heavy atom. The van der Waals surface area contributed by atoms with Crippen LogP contribution in [0.1, 0.15) is 26.3 Å². The molecule has 14 heteroatoms. The number of nitrogens with one attached hydrogen (secondary N) is 2. The number of anilines is 6. The van der Waals surface area contributed by atoms with Crippen LogP contribution in [0.15, 0.2) is 55.3 Å². The third kappa shape index (κ3) is 7.36. The molecule has 44 heavy (non-hydrogen) atoms. The lowest BCUT2D eigenvalue weighted by Crippen LogP contribution is -2.51. The van der Waals surface area contributed by atoms with E-state index in [0.717, 1.165) is 6.08 Å². The Morgan fingerprint density at radius 2 is 1.73 bits per heavy atom. The minimum Gasteiger partial charge on any atom is -0.479 e. The second-order valence-corrected chi connectivity index (χ2v) is 11.1. The van der Waals surface area contributed by atoms with Crippen LogP contribution in [0.4, 0.5) is 47.8 Å². The summed E-state index contributed by atoms with van der Waals surface area (Å²) in [6.45, 7) is 11.4. The number of alkyl halides is 3. The second kappa shape index (κ2) is 12.8. The first-order chi connectivity index (χ1) is 20.7. The number of carbonyl (C=O) groups is 2. The lowest BCUT2D eigenvalue weighted by Gasteiger charge is -2.38. The first-order valence-electron chi connectivity index (χ1n) is 13.8. The normalized spacial score (nSPS) is 13.7. The van der Waals surface area contributed by atoms with Crippen molar-refractivity contribution in [1.29, 1.82) is 0 Å². The van der Waals surface area contributed by atoms with Crippen LogP contribution in [0.5, 0.6) is 5.88 Å². The number of hydrogen-bond acceptors (Lipinski definition) is 9. The highest BCUT2D eigenvalue weighted by molar-refractivity contribution is 5.99. The summed E-state index contributed by atoms with van der Waals surface area (Å²) in [6, 6.07) is 9.68. The highest BCUT2D eigenvalue weighted by atomic mass is 19.4. The van der Waals surface area contributed by atoms with E-state index in [1.54, 1.807) is 37.4 Å². The Kier molecular flexibility index (Phi) is 9.30. The molecule has 11 nitrogen and oxygen atoms in total. The van der Waals surface area contributed by atoms with Crippen molar-refractivity contribution < 1.29 is 27.5 Å². The molecule has 3 aromatic rings. The number of ether oxygens (including phenoxy) is 1. The van der Waals surface area contributed by atoms with Gasteiger partial charge in [-0.25, -0.2) is 4.98 Å². The number of halogens is 3. The Balaban J connectivity index is 1.58. The van der Waals surface area contributed by atoms with E-state index in [1.165, 1.54) is 18.1 Å². The zero-order chi connectivity index (χ0) is 32.2. The van der Waals surface area contributed by atoms with Crippen molar-refractivity contribution in [2.24, 2.45) is 5.41 Å². The maximum Gasteiger partial charge on any atom is 0.421 e. The number of benzene rings is 1. The Morgan fingerprint density at radius 1 is 1.05 bits per heavy atom. The van der Waals surface area contributed by atoms with Gasteiger partial charge in [0.05, 0.1) is 7.11 Å². The highest BCUT2D eigenvalue weighted by Crippen LogP contribution is 2.38. The van der Waals surface area contributed by atoms with Crippen LogP contribution in [0.25, 0.3) is 0 Å². The van der Waals surface area contributed by atoms with Crippen LogP contribution in [0, 0.1) is 5.41 Å². The number of hydrogen-bond donors (Lipinski definition) is 2. The van der Waals surface area contributed by atoms with E-state index in [0.29, 0.717) is 49.6 Å². The van der Waals surface area contributed by atoms with Gasteiger partial charge in [0.1, 0.15) is 22.9 Å². The SMILES string of the molecule is C=CC(=O)Nc1cccc(Nc2nc(N(C)c3ccc(N4CCN(C(=O)C(C)(C)C)CC4)nc3OC)ncc2C(F)(F)F)c1. The molecule has 1 aliphatic rings. The molecular formula is C30H35F3N8O3. The maximum absolute atomic E-state index is 13.9. The molecule has 2 N–H and O–H groups in total. The van der Waals surface area contributed by atoms with Gasteiger partial charge in [-0.2, -0.15) is 23.1 Å². The summed E-state index contributed by atoms with van der Waals surface area (Å²) >= 11 is 0. The van der Waals surface area contributed by atoms with E-state index in [2.05, 4.69) is 32.2 Å². The minimum absolute atomic E-state index is 0.0428. The number of pyridine rings is 1. The molecule has 2 aromatic heterocycles. The lowest BCUT2D eigenvalue weighted by atomic mass is 9.94. The molecule has 0 radical (unpaired) electrons. The van der Waals surface area contributed by atoms with Gasteiger partial charge in [-0.3, -0.25) is 9.59 Å². The summed E-state index contributed by atoms with van der Waals surface area (Å²) in [6.07, 6.45) is -2.95.